The molecular formula is C23H31ClN4O2. The molecule has 2 aromatic rings. The number of hydrogen-bond acceptors (Lipinski definition) is 4. The highest BCUT2D eigenvalue weighted by molar-refractivity contribution is 5.95. The number of carbonyl (C=O) groups is 2. The van der Waals surface area contributed by atoms with Crippen molar-refractivity contribution in [1.29, 1.82) is 0 Å². The van der Waals surface area contributed by atoms with E-state index in [0.29, 0.717) is 25.1 Å². The number of nitrogens with zero attached hydrogens (tertiary/aromatic N) is 1. The number of benzene rings is 2. The number of rotatable bonds is 7. The molecule has 2 aromatic carbocycles. The fourth-order valence-corrected chi connectivity index (χ4v) is 3.82. The van der Waals surface area contributed by atoms with Crippen LogP contribution in [0.2, 0.25) is 0 Å². The maximum atomic E-state index is 12.5. The SMILES string of the molecule is CCC(=O)N1c2ccccc2[C@H](Nc2ccc(C(=O)NCCCN)cc2)C[C@H]1C.Cl. The maximum absolute atomic E-state index is 12.5. The third-order valence-electron chi connectivity index (χ3n) is 5.31. The lowest BCUT2D eigenvalue weighted by Crippen LogP contribution is -2.44. The first-order valence-corrected chi connectivity index (χ1v) is 10.3. The van der Waals surface area contributed by atoms with Crippen LogP contribution in [0.3, 0.4) is 0 Å². The second-order valence-corrected chi connectivity index (χ2v) is 7.43. The minimum atomic E-state index is -0.0876. The van der Waals surface area contributed by atoms with E-state index < -0.39 is 0 Å². The second kappa shape index (κ2) is 11.0. The number of fused-ring (bicyclic) bond motifs is 1. The Labute approximate surface area is 184 Å². The van der Waals surface area contributed by atoms with Gasteiger partial charge in [0, 0.05) is 35.9 Å². The van der Waals surface area contributed by atoms with Crippen molar-refractivity contribution in [2.45, 2.75) is 45.2 Å². The molecule has 1 aliphatic rings. The van der Waals surface area contributed by atoms with Crippen LogP contribution in [0.5, 0.6) is 0 Å². The van der Waals surface area contributed by atoms with E-state index in [1.54, 1.807) is 0 Å². The van der Waals surface area contributed by atoms with Crippen LogP contribution in [0, 0.1) is 0 Å². The van der Waals surface area contributed by atoms with Crippen molar-refractivity contribution in [3.05, 3.63) is 59.7 Å². The molecule has 30 heavy (non-hydrogen) atoms. The number of hydrogen-bond donors (Lipinski definition) is 3. The number of carbonyl (C=O) groups excluding carboxylic acids is 2. The van der Waals surface area contributed by atoms with Gasteiger partial charge in [-0.15, -0.1) is 12.4 Å². The average Bonchev–Trinajstić information content (AvgIpc) is 2.74. The number of amides is 2. The zero-order chi connectivity index (χ0) is 20.8. The topological polar surface area (TPSA) is 87.5 Å². The first kappa shape index (κ1) is 23.7. The Morgan fingerprint density at radius 3 is 2.50 bits per heavy atom. The maximum Gasteiger partial charge on any atom is 0.251 e. The summed E-state index contributed by atoms with van der Waals surface area (Å²) in [6.07, 6.45) is 2.08. The van der Waals surface area contributed by atoms with Gasteiger partial charge >= 0.3 is 0 Å². The third-order valence-corrected chi connectivity index (χ3v) is 5.31. The van der Waals surface area contributed by atoms with E-state index in [1.807, 2.05) is 54.3 Å². The Bertz CT molecular complexity index is 857. The van der Waals surface area contributed by atoms with Gasteiger partial charge in [-0.1, -0.05) is 25.1 Å². The highest BCUT2D eigenvalue weighted by atomic mass is 35.5. The molecule has 162 valence electrons. The van der Waals surface area contributed by atoms with Gasteiger partial charge in [0.25, 0.3) is 5.91 Å². The summed E-state index contributed by atoms with van der Waals surface area (Å²) in [5, 5.41) is 6.44. The molecular weight excluding hydrogens is 400 g/mol. The predicted molar refractivity (Wildman–Crippen MR) is 124 cm³/mol. The number of anilines is 2. The molecule has 0 radical (unpaired) electrons. The average molecular weight is 431 g/mol. The number of nitrogens with one attached hydrogen (secondary N) is 2. The summed E-state index contributed by atoms with van der Waals surface area (Å²) < 4.78 is 0. The van der Waals surface area contributed by atoms with Gasteiger partial charge in [-0.05, 0) is 62.2 Å². The molecule has 0 saturated carbocycles. The van der Waals surface area contributed by atoms with Crippen LogP contribution in [-0.4, -0.2) is 30.9 Å². The molecule has 2 atom stereocenters. The van der Waals surface area contributed by atoms with Crippen LogP contribution >= 0.6 is 12.4 Å². The van der Waals surface area contributed by atoms with Crippen LogP contribution in [0.4, 0.5) is 11.4 Å². The highest BCUT2D eigenvalue weighted by Crippen LogP contribution is 2.39. The fourth-order valence-electron chi connectivity index (χ4n) is 3.82. The zero-order valence-corrected chi connectivity index (χ0v) is 18.4. The van der Waals surface area contributed by atoms with Crippen molar-refractivity contribution in [3.63, 3.8) is 0 Å². The molecule has 3 rings (SSSR count). The van der Waals surface area contributed by atoms with Crippen molar-refractivity contribution in [2.75, 3.05) is 23.3 Å². The quantitative estimate of drug-likeness (QED) is 0.582. The van der Waals surface area contributed by atoms with Gasteiger partial charge < -0.3 is 21.3 Å². The molecule has 6 nitrogen and oxygen atoms in total. The fraction of sp³-hybridized carbons (Fsp3) is 0.391. The van der Waals surface area contributed by atoms with Crippen molar-refractivity contribution in [2.24, 2.45) is 5.73 Å². The van der Waals surface area contributed by atoms with Gasteiger partial charge in [0.2, 0.25) is 5.91 Å². The largest absolute Gasteiger partial charge is 0.378 e. The van der Waals surface area contributed by atoms with Gasteiger partial charge in [-0.2, -0.15) is 0 Å². The van der Waals surface area contributed by atoms with E-state index in [4.69, 9.17) is 5.73 Å². The lowest BCUT2D eigenvalue weighted by molar-refractivity contribution is -0.118. The van der Waals surface area contributed by atoms with Crippen LogP contribution < -0.4 is 21.3 Å². The Morgan fingerprint density at radius 1 is 1.13 bits per heavy atom. The minimum Gasteiger partial charge on any atom is -0.378 e. The second-order valence-electron chi connectivity index (χ2n) is 7.43. The lowest BCUT2D eigenvalue weighted by atomic mass is 9.91. The number of nitrogens with two attached hydrogens (primary N) is 1. The molecule has 1 heterocycles. The van der Waals surface area contributed by atoms with Gasteiger partial charge in [0.05, 0.1) is 6.04 Å². The highest BCUT2D eigenvalue weighted by Gasteiger charge is 2.32. The standard InChI is InChI=1S/C23H30N4O2.ClH/c1-3-22(28)27-16(2)15-20(19-7-4-5-8-21(19)27)26-18-11-9-17(10-12-18)23(29)25-14-6-13-24;/h4-5,7-12,16,20,26H,3,6,13-15,24H2,1-2H3,(H,25,29);1H/t16-,20-;/m1./s1. The Hall–Kier alpha value is -2.57. The third kappa shape index (κ3) is 5.32. The van der Waals surface area contributed by atoms with Crippen LogP contribution in [-0.2, 0) is 4.79 Å². The Morgan fingerprint density at radius 2 is 1.83 bits per heavy atom. The van der Waals surface area contributed by atoms with Crippen LogP contribution in [0.15, 0.2) is 48.5 Å². The monoisotopic (exact) mass is 430 g/mol. The summed E-state index contributed by atoms with van der Waals surface area (Å²) >= 11 is 0. The van der Waals surface area contributed by atoms with Crippen LogP contribution in [0.25, 0.3) is 0 Å². The zero-order valence-electron chi connectivity index (χ0n) is 17.6. The van der Waals surface area contributed by atoms with E-state index in [0.717, 1.165) is 29.8 Å². The van der Waals surface area contributed by atoms with Gasteiger partial charge in [0.15, 0.2) is 0 Å². The summed E-state index contributed by atoms with van der Waals surface area (Å²) in [7, 11) is 0. The van der Waals surface area contributed by atoms with Crippen LogP contribution in [0.1, 0.15) is 55.1 Å². The smallest absolute Gasteiger partial charge is 0.251 e. The summed E-state index contributed by atoms with van der Waals surface area (Å²) in [6, 6.07) is 15.8. The molecule has 0 spiro atoms. The van der Waals surface area contributed by atoms with E-state index >= 15 is 0 Å². The van der Waals surface area contributed by atoms with Crippen molar-refractivity contribution >= 4 is 35.6 Å². The summed E-state index contributed by atoms with van der Waals surface area (Å²) in [4.78, 5) is 26.5. The molecule has 0 saturated heterocycles. The predicted octanol–water partition coefficient (Wildman–Crippen LogP) is 3.88. The molecule has 0 unspecified atom stereocenters. The Kier molecular flexibility index (Phi) is 8.69. The number of halogens is 1. The Balaban J connectivity index is 0.00000320. The van der Waals surface area contributed by atoms with Gasteiger partial charge in [-0.25, -0.2) is 0 Å². The minimum absolute atomic E-state index is 0. The van der Waals surface area contributed by atoms with Crippen molar-refractivity contribution in [3.8, 4) is 0 Å². The molecule has 1 aliphatic heterocycles. The first-order valence-electron chi connectivity index (χ1n) is 10.3. The molecule has 0 bridgehead atoms. The molecule has 2 amide bonds. The van der Waals surface area contributed by atoms with E-state index in [9.17, 15) is 9.59 Å². The molecule has 0 aliphatic carbocycles. The molecule has 0 aromatic heterocycles. The molecule has 0 fully saturated rings. The normalized spacial score (nSPS) is 17.5. The van der Waals surface area contributed by atoms with E-state index in [2.05, 4.69) is 23.6 Å². The first-order chi connectivity index (χ1) is 14.0. The molecule has 4 N–H and O–H groups in total. The summed E-state index contributed by atoms with van der Waals surface area (Å²) in [5.41, 5.74) is 9.14. The number of para-hydroxylation sites is 1. The summed E-state index contributed by atoms with van der Waals surface area (Å²) in [5.74, 6) is 0.0590. The summed E-state index contributed by atoms with van der Waals surface area (Å²) in [6.45, 7) is 5.13. The van der Waals surface area contributed by atoms with Crippen molar-refractivity contribution < 1.29 is 9.59 Å². The van der Waals surface area contributed by atoms with E-state index in [-0.39, 0.29) is 36.3 Å². The van der Waals surface area contributed by atoms with Crippen molar-refractivity contribution in [1.82, 2.24) is 5.32 Å². The van der Waals surface area contributed by atoms with Gasteiger partial charge in [0.1, 0.15) is 0 Å². The van der Waals surface area contributed by atoms with Gasteiger partial charge in [-0.3, -0.25) is 9.59 Å². The lowest BCUT2D eigenvalue weighted by Gasteiger charge is -2.40. The molecule has 7 heteroatoms. The van der Waals surface area contributed by atoms with E-state index in [1.165, 1.54) is 0 Å².